The quantitative estimate of drug-likeness (QED) is 0.556. The number of pyridine rings is 1. The summed E-state index contributed by atoms with van der Waals surface area (Å²) in [5.41, 5.74) is 2.35. The van der Waals surface area contributed by atoms with E-state index in [1.807, 2.05) is 49.6 Å². The summed E-state index contributed by atoms with van der Waals surface area (Å²) in [7, 11) is 0. The number of para-hydroxylation sites is 1. The number of fused-ring (bicyclic) bond motifs is 3. The van der Waals surface area contributed by atoms with E-state index in [1.165, 1.54) is 11.8 Å². The number of amides is 1. The molecule has 0 bridgehead atoms. The molecule has 3 aromatic rings. The third-order valence-corrected chi connectivity index (χ3v) is 5.08. The number of benzene rings is 1. The summed E-state index contributed by atoms with van der Waals surface area (Å²) in [6.07, 6.45) is 4.98. The number of hydrogen-bond acceptors (Lipinski definition) is 5. The van der Waals surface area contributed by atoms with Gasteiger partial charge in [0.25, 0.3) is 6.17 Å². The number of aromatic nitrogens is 4. The van der Waals surface area contributed by atoms with E-state index in [2.05, 4.69) is 15.1 Å². The summed E-state index contributed by atoms with van der Waals surface area (Å²) in [6, 6.07) is 11.1. The van der Waals surface area contributed by atoms with Gasteiger partial charge >= 0.3 is 11.3 Å². The smallest absolute Gasteiger partial charge is 0.291 e. The first-order valence-electron chi connectivity index (χ1n) is 8.57. The molecule has 3 heterocycles. The van der Waals surface area contributed by atoms with E-state index in [-0.39, 0.29) is 11.5 Å². The minimum absolute atomic E-state index is 0.0535. The van der Waals surface area contributed by atoms with Crippen molar-refractivity contribution in [3.05, 3.63) is 64.7 Å². The van der Waals surface area contributed by atoms with E-state index in [0.717, 1.165) is 5.56 Å². The SMILES string of the molecule is CCC(=O)N1c2ccccc2-c2c(=O)[nH]c(SC)n[n+]2C1c1cccnc1. The lowest BCUT2D eigenvalue weighted by Crippen LogP contribution is -2.60. The van der Waals surface area contributed by atoms with Gasteiger partial charge in [-0.15, -0.1) is 0 Å². The first-order valence-corrected chi connectivity index (χ1v) is 9.79. The molecular weight excluding hydrogens is 362 g/mol. The van der Waals surface area contributed by atoms with Crippen molar-refractivity contribution in [2.75, 3.05) is 11.2 Å². The molecule has 1 aliphatic rings. The molecule has 0 radical (unpaired) electrons. The number of anilines is 1. The summed E-state index contributed by atoms with van der Waals surface area (Å²) in [5.74, 6) is -0.0535. The van der Waals surface area contributed by atoms with Crippen LogP contribution in [0.5, 0.6) is 0 Å². The Morgan fingerprint density at radius 3 is 2.81 bits per heavy atom. The van der Waals surface area contributed by atoms with Crippen LogP contribution in [-0.2, 0) is 4.79 Å². The van der Waals surface area contributed by atoms with Crippen molar-refractivity contribution in [2.45, 2.75) is 24.7 Å². The van der Waals surface area contributed by atoms with Crippen LogP contribution in [0.25, 0.3) is 11.3 Å². The topological polar surface area (TPSA) is 82.8 Å². The summed E-state index contributed by atoms with van der Waals surface area (Å²) < 4.78 is 1.64. The molecule has 27 heavy (non-hydrogen) atoms. The summed E-state index contributed by atoms with van der Waals surface area (Å²) >= 11 is 1.34. The lowest BCUT2D eigenvalue weighted by molar-refractivity contribution is -0.763. The van der Waals surface area contributed by atoms with Gasteiger partial charge in [0, 0.05) is 23.9 Å². The Labute approximate surface area is 160 Å². The van der Waals surface area contributed by atoms with Gasteiger partial charge < -0.3 is 0 Å². The van der Waals surface area contributed by atoms with Crippen LogP contribution < -0.4 is 15.1 Å². The highest BCUT2D eigenvalue weighted by Gasteiger charge is 2.45. The number of carbonyl (C=O) groups excluding carboxylic acids is 1. The van der Waals surface area contributed by atoms with E-state index in [0.29, 0.717) is 28.5 Å². The number of aromatic amines is 1. The minimum atomic E-state index is -0.579. The lowest BCUT2D eigenvalue weighted by Gasteiger charge is -2.31. The Morgan fingerprint density at radius 1 is 1.30 bits per heavy atom. The van der Waals surface area contributed by atoms with Crippen molar-refractivity contribution < 1.29 is 9.48 Å². The molecular formula is C19H18N5O2S+. The zero-order valence-electron chi connectivity index (χ0n) is 14.9. The zero-order chi connectivity index (χ0) is 19.0. The monoisotopic (exact) mass is 380 g/mol. The Bertz CT molecular complexity index is 1070. The largest absolute Gasteiger partial charge is 0.325 e. The Kier molecular flexibility index (Phi) is 4.49. The van der Waals surface area contributed by atoms with Crippen molar-refractivity contribution in [3.63, 3.8) is 0 Å². The summed E-state index contributed by atoms with van der Waals surface area (Å²) in [4.78, 5) is 34.5. The highest BCUT2D eigenvalue weighted by molar-refractivity contribution is 7.98. The number of carbonyl (C=O) groups is 1. The maximum atomic E-state index is 12.9. The molecule has 0 spiro atoms. The molecule has 1 atom stereocenters. The van der Waals surface area contributed by atoms with Crippen molar-refractivity contribution in [1.82, 2.24) is 15.1 Å². The fraction of sp³-hybridized carbons (Fsp3) is 0.211. The number of rotatable bonds is 3. The molecule has 4 rings (SSSR count). The Balaban J connectivity index is 2.09. The number of thioether (sulfide) groups is 1. The van der Waals surface area contributed by atoms with E-state index < -0.39 is 6.17 Å². The average Bonchev–Trinajstić information content (AvgIpc) is 2.72. The lowest BCUT2D eigenvalue weighted by atomic mass is 10.0. The maximum absolute atomic E-state index is 12.9. The molecule has 1 aromatic carbocycles. The second kappa shape index (κ2) is 6.96. The molecule has 1 amide bonds. The molecule has 136 valence electrons. The van der Waals surface area contributed by atoms with Gasteiger partial charge in [-0.3, -0.25) is 19.6 Å². The highest BCUT2D eigenvalue weighted by atomic mass is 32.2. The van der Waals surface area contributed by atoms with Crippen molar-refractivity contribution in [1.29, 1.82) is 0 Å². The average molecular weight is 380 g/mol. The Morgan fingerprint density at radius 2 is 2.11 bits per heavy atom. The molecule has 8 heteroatoms. The van der Waals surface area contributed by atoms with Gasteiger partial charge in [-0.05, 0) is 35.2 Å². The molecule has 1 N–H and O–H groups in total. The van der Waals surface area contributed by atoms with E-state index in [4.69, 9.17) is 0 Å². The van der Waals surface area contributed by atoms with E-state index in [1.54, 1.807) is 22.0 Å². The van der Waals surface area contributed by atoms with Crippen LogP contribution >= 0.6 is 11.8 Å². The van der Waals surface area contributed by atoms with Gasteiger partial charge in [-0.2, -0.15) is 0 Å². The maximum Gasteiger partial charge on any atom is 0.325 e. The number of hydrogen-bond donors (Lipinski definition) is 1. The van der Waals surface area contributed by atoms with Crippen LogP contribution in [0.2, 0.25) is 0 Å². The molecule has 1 unspecified atom stereocenters. The van der Waals surface area contributed by atoms with Gasteiger partial charge in [-0.25, -0.2) is 4.90 Å². The standard InChI is InChI=1S/C19H17N5O2S/c1-3-15(25)23-14-9-5-4-8-13(14)16-17(26)21-19(27-2)22-24(16)18(23)12-7-6-10-20-11-12/h4-11,18H,3H2,1-2H3/p+1. The van der Waals surface area contributed by atoms with Gasteiger partial charge in [0.15, 0.2) is 0 Å². The predicted molar refractivity (Wildman–Crippen MR) is 102 cm³/mol. The molecule has 0 saturated heterocycles. The van der Waals surface area contributed by atoms with Crippen LogP contribution in [0.3, 0.4) is 0 Å². The van der Waals surface area contributed by atoms with Gasteiger partial charge in [0.05, 0.1) is 16.8 Å². The predicted octanol–water partition coefficient (Wildman–Crippen LogP) is 2.14. The van der Waals surface area contributed by atoms with Crippen LogP contribution in [0.1, 0.15) is 25.1 Å². The van der Waals surface area contributed by atoms with E-state index in [9.17, 15) is 9.59 Å². The zero-order valence-corrected chi connectivity index (χ0v) is 15.7. The van der Waals surface area contributed by atoms with E-state index >= 15 is 0 Å². The normalized spacial score (nSPS) is 15.2. The van der Waals surface area contributed by atoms with Gasteiger partial charge in [0.2, 0.25) is 11.1 Å². The van der Waals surface area contributed by atoms with Gasteiger partial charge in [0.1, 0.15) is 0 Å². The first kappa shape index (κ1) is 17.4. The Hall–Kier alpha value is -3.00. The minimum Gasteiger partial charge on any atom is -0.291 e. The summed E-state index contributed by atoms with van der Waals surface area (Å²) in [6.45, 7) is 1.82. The first-order chi connectivity index (χ1) is 13.2. The molecule has 0 fully saturated rings. The van der Waals surface area contributed by atoms with Crippen LogP contribution in [0.4, 0.5) is 5.69 Å². The van der Waals surface area contributed by atoms with Crippen molar-refractivity contribution in [3.8, 4) is 11.3 Å². The third kappa shape index (κ3) is 2.82. The molecule has 0 aliphatic carbocycles. The second-order valence-electron chi connectivity index (χ2n) is 6.05. The number of H-pyrrole nitrogens is 1. The third-order valence-electron chi connectivity index (χ3n) is 4.51. The highest BCUT2D eigenvalue weighted by Crippen LogP contribution is 2.37. The molecule has 1 aliphatic heterocycles. The second-order valence-corrected chi connectivity index (χ2v) is 6.85. The number of nitrogens with zero attached hydrogens (tertiary/aromatic N) is 4. The molecule has 2 aromatic heterocycles. The van der Waals surface area contributed by atoms with Crippen molar-refractivity contribution in [2.24, 2.45) is 0 Å². The summed E-state index contributed by atoms with van der Waals surface area (Å²) in [5, 5.41) is 5.11. The van der Waals surface area contributed by atoms with Crippen LogP contribution in [0.15, 0.2) is 58.7 Å². The van der Waals surface area contributed by atoms with Gasteiger partial charge in [-0.1, -0.05) is 30.8 Å². The fourth-order valence-electron chi connectivity index (χ4n) is 3.33. The number of nitrogens with one attached hydrogen (secondary N) is 1. The molecule has 0 saturated carbocycles. The van der Waals surface area contributed by atoms with Crippen LogP contribution in [0, 0.1) is 0 Å². The van der Waals surface area contributed by atoms with Crippen molar-refractivity contribution >= 4 is 23.4 Å². The fourth-order valence-corrected chi connectivity index (χ4v) is 3.70. The molecule has 7 nitrogen and oxygen atoms in total. The van der Waals surface area contributed by atoms with Crippen LogP contribution in [-0.4, -0.2) is 27.2 Å².